The lowest BCUT2D eigenvalue weighted by atomic mass is 9.96. The van der Waals surface area contributed by atoms with E-state index in [1.807, 2.05) is 27.7 Å². The highest BCUT2D eigenvalue weighted by atomic mass is 16.6. The van der Waals surface area contributed by atoms with E-state index in [9.17, 15) is 9.90 Å². The maximum Gasteiger partial charge on any atom is 0.410 e. The molecule has 76 valence electrons. The van der Waals surface area contributed by atoms with Crippen molar-refractivity contribution in [3.63, 3.8) is 0 Å². The molecular formula is C9H17NO3. The van der Waals surface area contributed by atoms with Crippen molar-refractivity contribution in [3.8, 4) is 0 Å². The topological polar surface area (TPSA) is 49.8 Å². The average Bonchev–Trinajstić information content (AvgIpc) is 2.27. The molecule has 1 unspecified atom stereocenters. The quantitative estimate of drug-likeness (QED) is 0.666. The fourth-order valence-corrected chi connectivity index (χ4v) is 1.77. The first-order valence-corrected chi connectivity index (χ1v) is 4.39. The van der Waals surface area contributed by atoms with Crippen LogP contribution in [0.2, 0.25) is 0 Å². The Morgan fingerprint density at radius 2 is 2.15 bits per heavy atom. The first-order valence-electron chi connectivity index (χ1n) is 4.39. The van der Waals surface area contributed by atoms with Crippen LogP contribution in [0.1, 0.15) is 27.7 Å². The van der Waals surface area contributed by atoms with Gasteiger partial charge < -0.3 is 9.84 Å². The molecule has 0 aromatic heterocycles. The predicted octanol–water partition coefficient (Wildman–Crippen LogP) is 0.988. The molecule has 1 heterocycles. The normalized spacial score (nSPS) is 29.3. The minimum absolute atomic E-state index is 0.0734. The molecule has 1 fully saturated rings. The summed E-state index contributed by atoms with van der Waals surface area (Å²) < 4.78 is 4.93. The molecule has 1 atom stereocenters. The molecule has 0 spiro atoms. The second kappa shape index (κ2) is 2.87. The Labute approximate surface area is 78.5 Å². The molecule has 1 rings (SSSR count). The van der Waals surface area contributed by atoms with Gasteiger partial charge in [-0.25, -0.2) is 4.79 Å². The number of carbonyl (C=O) groups excluding carboxylic acids is 1. The summed E-state index contributed by atoms with van der Waals surface area (Å²) in [4.78, 5) is 13.0. The van der Waals surface area contributed by atoms with Crippen molar-refractivity contribution in [2.24, 2.45) is 0 Å². The molecule has 4 nitrogen and oxygen atoms in total. The number of hydrogen-bond donors (Lipinski definition) is 1. The van der Waals surface area contributed by atoms with Crippen LogP contribution in [0.5, 0.6) is 0 Å². The molecule has 1 saturated heterocycles. The number of cyclic esters (lactones) is 1. The third-order valence-electron chi connectivity index (χ3n) is 2.24. The summed E-state index contributed by atoms with van der Waals surface area (Å²) in [6.07, 6.45) is -0.343. The van der Waals surface area contributed by atoms with Crippen LogP contribution in [0.25, 0.3) is 0 Å². The summed E-state index contributed by atoms with van der Waals surface area (Å²) in [6, 6.07) is 0. The number of aliphatic hydroxyl groups excluding tert-OH is 1. The molecule has 0 aromatic carbocycles. The van der Waals surface area contributed by atoms with Gasteiger partial charge in [0.25, 0.3) is 0 Å². The number of nitrogens with zero attached hydrogens (tertiary/aromatic N) is 1. The van der Waals surface area contributed by atoms with Crippen LogP contribution in [0.4, 0.5) is 4.79 Å². The lowest BCUT2D eigenvalue weighted by molar-refractivity contribution is 0.0455. The summed E-state index contributed by atoms with van der Waals surface area (Å²) in [5.74, 6) is 0. The highest BCUT2D eigenvalue weighted by molar-refractivity contribution is 5.72. The standard InChI is InChI=1S/C9H17NO3/c1-8(2,3)10-7(12)13-6-9(10,4)5-11/h11H,5-6H2,1-4H3. The van der Waals surface area contributed by atoms with Gasteiger partial charge in [0, 0.05) is 5.54 Å². The summed E-state index contributed by atoms with van der Waals surface area (Å²) in [5.41, 5.74) is -0.888. The molecule has 0 aromatic rings. The molecule has 4 heteroatoms. The molecule has 0 saturated carbocycles. The number of amides is 1. The zero-order valence-electron chi connectivity index (χ0n) is 8.63. The van der Waals surface area contributed by atoms with E-state index in [-0.39, 0.29) is 24.8 Å². The van der Waals surface area contributed by atoms with Gasteiger partial charge in [-0.3, -0.25) is 4.90 Å². The molecule has 0 radical (unpaired) electrons. The predicted molar refractivity (Wildman–Crippen MR) is 48.4 cm³/mol. The van der Waals surface area contributed by atoms with Crippen LogP contribution in [0, 0.1) is 0 Å². The second-order valence-corrected chi connectivity index (χ2v) is 4.72. The van der Waals surface area contributed by atoms with Crippen molar-refractivity contribution in [1.29, 1.82) is 0 Å². The van der Waals surface area contributed by atoms with Crippen molar-refractivity contribution in [3.05, 3.63) is 0 Å². The molecular weight excluding hydrogens is 170 g/mol. The zero-order valence-corrected chi connectivity index (χ0v) is 8.63. The molecule has 1 aliphatic rings. The summed E-state index contributed by atoms with van der Waals surface area (Å²) in [6.45, 7) is 7.78. The summed E-state index contributed by atoms with van der Waals surface area (Å²) >= 11 is 0. The lowest BCUT2D eigenvalue weighted by Crippen LogP contribution is -2.56. The minimum atomic E-state index is -0.574. The van der Waals surface area contributed by atoms with E-state index in [4.69, 9.17) is 4.74 Å². The maximum atomic E-state index is 11.4. The van der Waals surface area contributed by atoms with Gasteiger partial charge in [0.05, 0.1) is 6.61 Å². The van der Waals surface area contributed by atoms with Crippen molar-refractivity contribution in [1.82, 2.24) is 4.90 Å². The van der Waals surface area contributed by atoms with Crippen LogP contribution >= 0.6 is 0 Å². The highest BCUT2D eigenvalue weighted by Crippen LogP contribution is 2.31. The van der Waals surface area contributed by atoms with Crippen LogP contribution in [-0.4, -0.2) is 40.4 Å². The van der Waals surface area contributed by atoms with Gasteiger partial charge in [-0.1, -0.05) is 0 Å². The van der Waals surface area contributed by atoms with Crippen molar-refractivity contribution >= 4 is 6.09 Å². The number of hydrogen-bond acceptors (Lipinski definition) is 3. The Balaban J connectivity index is 2.97. The zero-order chi connectivity index (χ0) is 10.3. The fourth-order valence-electron chi connectivity index (χ4n) is 1.77. The maximum absolute atomic E-state index is 11.4. The van der Waals surface area contributed by atoms with Crippen LogP contribution in [0.15, 0.2) is 0 Å². The van der Waals surface area contributed by atoms with Gasteiger partial charge in [-0.05, 0) is 27.7 Å². The van der Waals surface area contributed by atoms with Gasteiger partial charge in [0.15, 0.2) is 0 Å². The molecule has 1 aliphatic heterocycles. The number of ether oxygens (including phenoxy) is 1. The van der Waals surface area contributed by atoms with E-state index in [1.165, 1.54) is 0 Å². The molecule has 1 amide bonds. The van der Waals surface area contributed by atoms with Gasteiger partial charge >= 0.3 is 6.09 Å². The first kappa shape index (κ1) is 10.3. The Morgan fingerprint density at radius 3 is 2.46 bits per heavy atom. The molecule has 1 N–H and O–H groups in total. The minimum Gasteiger partial charge on any atom is -0.447 e. The fraction of sp³-hybridized carbons (Fsp3) is 0.889. The lowest BCUT2D eigenvalue weighted by Gasteiger charge is -2.40. The van der Waals surface area contributed by atoms with E-state index < -0.39 is 5.54 Å². The van der Waals surface area contributed by atoms with Gasteiger partial charge in [-0.15, -0.1) is 0 Å². The average molecular weight is 187 g/mol. The Bertz CT molecular complexity index is 221. The number of carbonyl (C=O) groups is 1. The Hall–Kier alpha value is -0.770. The van der Waals surface area contributed by atoms with Crippen LogP contribution < -0.4 is 0 Å². The third-order valence-corrected chi connectivity index (χ3v) is 2.24. The summed E-state index contributed by atoms with van der Waals surface area (Å²) in [7, 11) is 0. The first-order chi connectivity index (χ1) is 5.81. The Kier molecular flexibility index (Phi) is 2.28. The van der Waals surface area contributed by atoms with Gasteiger partial charge in [0.1, 0.15) is 12.1 Å². The van der Waals surface area contributed by atoms with Crippen molar-refractivity contribution < 1.29 is 14.6 Å². The van der Waals surface area contributed by atoms with Crippen LogP contribution in [0.3, 0.4) is 0 Å². The molecule has 0 bridgehead atoms. The van der Waals surface area contributed by atoms with Crippen molar-refractivity contribution in [2.75, 3.05) is 13.2 Å². The third kappa shape index (κ3) is 1.63. The van der Waals surface area contributed by atoms with E-state index in [2.05, 4.69) is 0 Å². The monoisotopic (exact) mass is 187 g/mol. The molecule has 13 heavy (non-hydrogen) atoms. The molecule has 0 aliphatic carbocycles. The van der Waals surface area contributed by atoms with E-state index in [1.54, 1.807) is 4.90 Å². The smallest absolute Gasteiger partial charge is 0.410 e. The summed E-state index contributed by atoms with van der Waals surface area (Å²) in [5, 5.41) is 9.20. The van der Waals surface area contributed by atoms with Crippen molar-refractivity contribution in [2.45, 2.75) is 38.8 Å². The largest absolute Gasteiger partial charge is 0.447 e. The Morgan fingerprint density at radius 1 is 1.62 bits per heavy atom. The van der Waals surface area contributed by atoms with Gasteiger partial charge in [0.2, 0.25) is 0 Å². The van der Waals surface area contributed by atoms with E-state index >= 15 is 0 Å². The van der Waals surface area contributed by atoms with E-state index in [0.717, 1.165) is 0 Å². The second-order valence-electron chi connectivity index (χ2n) is 4.72. The van der Waals surface area contributed by atoms with E-state index in [0.29, 0.717) is 0 Å². The van der Waals surface area contributed by atoms with Crippen LogP contribution in [-0.2, 0) is 4.74 Å². The number of rotatable bonds is 1. The van der Waals surface area contributed by atoms with Gasteiger partial charge in [-0.2, -0.15) is 0 Å². The SMILES string of the molecule is CC(C)(C)N1C(=O)OCC1(C)CO. The highest BCUT2D eigenvalue weighted by Gasteiger charge is 2.48. The number of aliphatic hydroxyl groups is 1.